The second-order valence-electron chi connectivity index (χ2n) is 8.82. The standard InChI is InChI=1S/C25H24N8O/c1-14(29-23-22-19(7-4-10-27-22)30-25(26)31-23)20-11-15-5-3-6-18(16-12-28-32(2)13-16)21(15)24(34)33(20)17-8-9-17/h3-7,10-14,17H,8-9H2,1-2H3,(H3,26,29,30,31). The van der Waals surface area contributed by atoms with Crippen LogP contribution in [0.25, 0.3) is 32.9 Å². The van der Waals surface area contributed by atoms with Gasteiger partial charge in [0.1, 0.15) is 5.52 Å². The summed E-state index contributed by atoms with van der Waals surface area (Å²) >= 11 is 0. The molecule has 1 aliphatic rings. The van der Waals surface area contributed by atoms with E-state index in [1.165, 1.54) is 0 Å². The van der Waals surface area contributed by atoms with E-state index in [0.717, 1.165) is 40.4 Å². The molecule has 0 radical (unpaired) electrons. The van der Waals surface area contributed by atoms with E-state index < -0.39 is 0 Å². The Morgan fingerprint density at radius 2 is 2.03 bits per heavy atom. The van der Waals surface area contributed by atoms with E-state index in [1.54, 1.807) is 17.1 Å². The highest BCUT2D eigenvalue weighted by Gasteiger charge is 2.30. The predicted octanol–water partition coefficient (Wildman–Crippen LogP) is 3.83. The Morgan fingerprint density at radius 1 is 1.18 bits per heavy atom. The fraction of sp³-hybridized carbons (Fsp3) is 0.240. The summed E-state index contributed by atoms with van der Waals surface area (Å²) < 4.78 is 3.69. The molecule has 34 heavy (non-hydrogen) atoms. The molecule has 0 bridgehead atoms. The number of anilines is 2. The van der Waals surface area contributed by atoms with Crippen molar-refractivity contribution in [2.75, 3.05) is 11.1 Å². The molecule has 0 saturated heterocycles. The van der Waals surface area contributed by atoms with Gasteiger partial charge in [0.15, 0.2) is 5.82 Å². The largest absolute Gasteiger partial charge is 0.368 e. The number of nitrogens with one attached hydrogen (secondary N) is 1. The molecular formula is C25H24N8O. The number of pyridine rings is 2. The number of nitrogens with two attached hydrogens (primary N) is 1. The minimum atomic E-state index is -0.209. The SMILES string of the molecule is CC(Nc1nc(N)nc2cccnc12)c1cc2cccc(-c3cnn(C)c3)c2c(=O)n1C1CC1. The van der Waals surface area contributed by atoms with Gasteiger partial charge in [-0.15, -0.1) is 0 Å². The monoisotopic (exact) mass is 452 g/mol. The molecule has 9 heteroatoms. The van der Waals surface area contributed by atoms with E-state index in [4.69, 9.17) is 5.73 Å². The van der Waals surface area contributed by atoms with Crippen LogP contribution in [0.2, 0.25) is 0 Å². The van der Waals surface area contributed by atoms with Gasteiger partial charge in [-0.05, 0) is 48.9 Å². The first-order valence-electron chi connectivity index (χ1n) is 11.3. The zero-order valence-electron chi connectivity index (χ0n) is 18.9. The summed E-state index contributed by atoms with van der Waals surface area (Å²) in [5.74, 6) is 0.726. The number of nitrogens with zero attached hydrogens (tertiary/aromatic N) is 6. The van der Waals surface area contributed by atoms with Gasteiger partial charge in [-0.2, -0.15) is 10.1 Å². The van der Waals surface area contributed by atoms with Gasteiger partial charge in [0.25, 0.3) is 5.56 Å². The van der Waals surface area contributed by atoms with E-state index in [9.17, 15) is 4.79 Å². The number of hydrogen-bond donors (Lipinski definition) is 2. The molecule has 1 unspecified atom stereocenters. The van der Waals surface area contributed by atoms with Gasteiger partial charge in [0.2, 0.25) is 5.95 Å². The number of aromatic nitrogens is 6. The van der Waals surface area contributed by atoms with Crippen molar-refractivity contribution in [1.82, 2.24) is 29.3 Å². The molecule has 0 spiro atoms. The van der Waals surface area contributed by atoms with Gasteiger partial charge < -0.3 is 15.6 Å². The Kier molecular flexibility index (Phi) is 4.58. The lowest BCUT2D eigenvalue weighted by molar-refractivity contribution is 0.636. The van der Waals surface area contributed by atoms with Gasteiger partial charge in [0.05, 0.1) is 23.1 Å². The molecule has 6 rings (SSSR count). The molecule has 5 aromatic rings. The van der Waals surface area contributed by atoms with Gasteiger partial charge in [-0.25, -0.2) is 4.98 Å². The maximum absolute atomic E-state index is 13.9. The number of hydrogen-bond acceptors (Lipinski definition) is 7. The van der Waals surface area contributed by atoms with E-state index in [-0.39, 0.29) is 23.6 Å². The van der Waals surface area contributed by atoms with Crippen molar-refractivity contribution < 1.29 is 0 Å². The van der Waals surface area contributed by atoms with Gasteiger partial charge in [-0.1, -0.05) is 18.2 Å². The molecular weight excluding hydrogens is 428 g/mol. The van der Waals surface area contributed by atoms with Crippen LogP contribution in [-0.2, 0) is 7.05 Å². The van der Waals surface area contributed by atoms with Crippen molar-refractivity contribution in [2.45, 2.75) is 31.8 Å². The van der Waals surface area contributed by atoms with Crippen LogP contribution in [0.15, 0.2) is 59.8 Å². The maximum atomic E-state index is 13.9. The van der Waals surface area contributed by atoms with Crippen LogP contribution in [0.3, 0.4) is 0 Å². The topological polar surface area (TPSA) is 117 Å². The highest BCUT2D eigenvalue weighted by atomic mass is 16.1. The Balaban J connectivity index is 1.50. The van der Waals surface area contributed by atoms with E-state index in [1.807, 2.05) is 55.1 Å². The summed E-state index contributed by atoms with van der Waals surface area (Å²) in [7, 11) is 1.88. The number of aryl methyl sites for hydroxylation is 1. The van der Waals surface area contributed by atoms with Crippen molar-refractivity contribution in [3.8, 4) is 11.1 Å². The normalized spacial score (nSPS) is 14.5. The Morgan fingerprint density at radius 3 is 2.79 bits per heavy atom. The molecule has 4 aromatic heterocycles. The van der Waals surface area contributed by atoms with Crippen molar-refractivity contribution in [3.63, 3.8) is 0 Å². The van der Waals surface area contributed by atoms with Gasteiger partial charge >= 0.3 is 0 Å². The number of fused-ring (bicyclic) bond motifs is 2. The predicted molar refractivity (Wildman–Crippen MR) is 132 cm³/mol. The average molecular weight is 453 g/mol. The Bertz CT molecular complexity index is 1620. The number of benzene rings is 1. The zero-order valence-corrected chi connectivity index (χ0v) is 18.9. The summed E-state index contributed by atoms with van der Waals surface area (Å²) in [6.07, 6.45) is 7.42. The smallest absolute Gasteiger partial charge is 0.259 e. The van der Waals surface area contributed by atoms with Crippen molar-refractivity contribution in [1.29, 1.82) is 0 Å². The molecule has 4 heterocycles. The van der Waals surface area contributed by atoms with E-state index in [0.29, 0.717) is 16.9 Å². The van der Waals surface area contributed by atoms with Crippen LogP contribution < -0.4 is 16.6 Å². The molecule has 170 valence electrons. The molecule has 1 aromatic carbocycles. The lowest BCUT2D eigenvalue weighted by atomic mass is 10.00. The first-order valence-corrected chi connectivity index (χ1v) is 11.3. The quantitative estimate of drug-likeness (QED) is 0.416. The summed E-state index contributed by atoms with van der Waals surface area (Å²) in [5, 5.41) is 9.35. The summed E-state index contributed by atoms with van der Waals surface area (Å²) in [5.41, 5.74) is 10.0. The third-order valence-corrected chi connectivity index (χ3v) is 6.31. The third-order valence-electron chi connectivity index (χ3n) is 6.31. The first kappa shape index (κ1) is 20.3. The Hall–Kier alpha value is -4.27. The molecule has 0 aliphatic heterocycles. The van der Waals surface area contributed by atoms with Gasteiger partial charge in [0, 0.05) is 36.7 Å². The summed E-state index contributed by atoms with van der Waals surface area (Å²) in [4.78, 5) is 27.0. The molecule has 1 aliphatic carbocycles. The third kappa shape index (κ3) is 3.37. The summed E-state index contributed by atoms with van der Waals surface area (Å²) in [6, 6.07) is 11.7. The lowest BCUT2D eigenvalue weighted by Gasteiger charge is -2.22. The van der Waals surface area contributed by atoms with Crippen LogP contribution in [-0.4, -0.2) is 29.3 Å². The minimum Gasteiger partial charge on any atom is -0.368 e. The van der Waals surface area contributed by atoms with Crippen LogP contribution in [0.4, 0.5) is 11.8 Å². The van der Waals surface area contributed by atoms with Crippen molar-refractivity contribution in [3.05, 3.63) is 71.0 Å². The Labute approximate surface area is 195 Å². The highest BCUT2D eigenvalue weighted by molar-refractivity contribution is 5.96. The molecule has 9 nitrogen and oxygen atoms in total. The van der Waals surface area contributed by atoms with Crippen LogP contribution in [0, 0.1) is 0 Å². The fourth-order valence-electron chi connectivity index (χ4n) is 4.60. The second-order valence-corrected chi connectivity index (χ2v) is 8.82. The molecule has 0 amide bonds. The zero-order chi connectivity index (χ0) is 23.4. The second kappa shape index (κ2) is 7.65. The van der Waals surface area contributed by atoms with Crippen molar-refractivity contribution >= 4 is 33.6 Å². The van der Waals surface area contributed by atoms with Crippen LogP contribution in [0.5, 0.6) is 0 Å². The van der Waals surface area contributed by atoms with E-state index in [2.05, 4.69) is 31.4 Å². The maximum Gasteiger partial charge on any atom is 0.259 e. The molecule has 1 fully saturated rings. The van der Waals surface area contributed by atoms with E-state index >= 15 is 0 Å². The summed E-state index contributed by atoms with van der Waals surface area (Å²) in [6.45, 7) is 2.03. The first-order chi connectivity index (χ1) is 16.5. The van der Waals surface area contributed by atoms with Crippen molar-refractivity contribution in [2.24, 2.45) is 7.05 Å². The number of rotatable bonds is 5. The highest BCUT2D eigenvalue weighted by Crippen LogP contribution is 2.38. The average Bonchev–Trinajstić information content (AvgIpc) is 3.57. The lowest BCUT2D eigenvalue weighted by Crippen LogP contribution is -2.26. The van der Waals surface area contributed by atoms with Crippen LogP contribution in [0.1, 0.15) is 37.5 Å². The minimum absolute atomic E-state index is 0.0216. The molecule has 1 atom stereocenters. The molecule has 1 saturated carbocycles. The fourth-order valence-corrected chi connectivity index (χ4v) is 4.60. The number of nitrogen functional groups attached to an aromatic ring is 1. The molecule has 3 N–H and O–H groups in total. The van der Waals surface area contributed by atoms with Crippen LogP contribution >= 0.6 is 0 Å². The van der Waals surface area contributed by atoms with Gasteiger partial charge in [-0.3, -0.25) is 14.5 Å².